The van der Waals surface area contributed by atoms with E-state index in [1.165, 1.54) is 18.5 Å². The second-order valence-corrected chi connectivity index (χ2v) is 7.73. The number of anilines is 1. The molecule has 20 heavy (non-hydrogen) atoms. The predicted molar refractivity (Wildman–Crippen MR) is 80.4 cm³/mol. The van der Waals surface area contributed by atoms with Crippen LogP contribution in [0.4, 0.5) is 5.69 Å². The Kier molecular flexibility index (Phi) is 4.22. The first-order valence-electron chi connectivity index (χ1n) is 5.63. The topological polar surface area (TPSA) is 59.5 Å². The van der Waals surface area contributed by atoms with Gasteiger partial charge < -0.3 is 4.74 Å². The number of ether oxygens (including phenoxy) is 1. The van der Waals surface area contributed by atoms with Gasteiger partial charge in [0.1, 0.15) is 5.75 Å². The minimum atomic E-state index is -3.71. The average molecular weight is 333 g/mol. The van der Waals surface area contributed by atoms with E-state index in [-0.39, 0.29) is 8.68 Å². The Morgan fingerprint density at radius 1 is 1.35 bits per heavy atom. The summed E-state index contributed by atoms with van der Waals surface area (Å²) >= 11 is 6.72. The van der Waals surface area contributed by atoms with Gasteiger partial charge in [0.2, 0.25) is 0 Å². The van der Waals surface area contributed by atoms with E-state index < -0.39 is 10.0 Å². The van der Waals surface area contributed by atoms with Crippen LogP contribution in [-0.4, -0.2) is 27.6 Å². The number of benzene rings is 1. The Hall–Kier alpha value is -1.31. The van der Waals surface area contributed by atoms with Crippen molar-refractivity contribution in [3.63, 3.8) is 0 Å². The lowest BCUT2D eigenvalue weighted by Gasteiger charge is -2.20. The van der Waals surface area contributed by atoms with Gasteiger partial charge in [-0.15, -0.1) is 0 Å². The molecule has 1 heterocycles. The third kappa shape index (κ3) is 2.61. The van der Waals surface area contributed by atoms with Crippen LogP contribution in [0.1, 0.15) is 5.69 Å². The summed E-state index contributed by atoms with van der Waals surface area (Å²) in [5, 5.41) is 0. The molecule has 8 heteroatoms. The maximum Gasteiger partial charge on any atom is 0.275 e. The van der Waals surface area contributed by atoms with Gasteiger partial charge in [-0.3, -0.25) is 4.31 Å². The number of aryl methyl sites for hydroxylation is 1. The lowest BCUT2D eigenvalue weighted by Crippen LogP contribution is -2.26. The smallest absolute Gasteiger partial charge is 0.275 e. The zero-order valence-corrected chi connectivity index (χ0v) is 13.5. The number of rotatable bonds is 4. The van der Waals surface area contributed by atoms with Gasteiger partial charge in [-0.2, -0.15) is 0 Å². The van der Waals surface area contributed by atoms with Gasteiger partial charge >= 0.3 is 0 Å². The molecule has 0 saturated carbocycles. The van der Waals surface area contributed by atoms with E-state index in [0.29, 0.717) is 17.1 Å². The number of aromatic nitrogens is 1. The number of hydrogen-bond donors (Lipinski definition) is 0. The highest BCUT2D eigenvalue weighted by Crippen LogP contribution is 2.34. The predicted octanol–water partition coefficient (Wildman–Crippen LogP) is 2.94. The molecule has 0 aliphatic rings. The molecule has 0 saturated heterocycles. The van der Waals surface area contributed by atoms with Crippen LogP contribution in [0.2, 0.25) is 4.47 Å². The molecule has 108 valence electrons. The number of thiazole rings is 1. The number of hydrogen-bond acceptors (Lipinski definition) is 5. The fourth-order valence-corrected chi connectivity index (χ4v) is 4.83. The van der Waals surface area contributed by atoms with Crippen LogP contribution in [0.25, 0.3) is 0 Å². The summed E-state index contributed by atoms with van der Waals surface area (Å²) in [6.45, 7) is 1.62. The quantitative estimate of drug-likeness (QED) is 0.863. The van der Waals surface area contributed by atoms with Crippen molar-refractivity contribution in [3.05, 3.63) is 34.4 Å². The molecule has 0 atom stereocenters. The van der Waals surface area contributed by atoms with Crippen molar-refractivity contribution in [2.75, 3.05) is 18.5 Å². The third-order valence-corrected chi connectivity index (χ3v) is 6.37. The van der Waals surface area contributed by atoms with Gasteiger partial charge in [-0.1, -0.05) is 35.1 Å². The third-order valence-electron chi connectivity index (χ3n) is 2.75. The first-order chi connectivity index (χ1) is 9.37. The molecule has 0 fully saturated rings. The minimum Gasteiger partial charge on any atom is -0.495 e. The van der Waals surface area contributed by atoms with Crippen molar-refractivity contribution in [2.24, 2.45) is 0 Å². The van der Waals surface area contributed by atoms with E-state index in [4.69, 9.17) is 16.3 Å². The number of halogens is 1. The molecule has 0 aliphatic carbocycles. The van der Waals surface area contributed by atoms with E-state index in [2.05, 4.69) is 4.98 Å². The van der Waals surface area contributed by atoms with E-state index in [1.807, 2.05) is 0 Å². The van der Waals surface area contributed by atoms with Crippen molar-refractivity contribution >= 4 is 38.6 Å². The van der Waals surface area contributed by atoms with Crippen LogP contribution < -0.4 is 9.04 Å². The molecule has 0 radical (unpaired) electrons. The molecular weight excluding hydrogens is 320 g/mol. The average Bonchev–Trinajstić information content (AvgIpc) is 2.77. The zero-order valence-electron chi connectivity index (χ0n) is 11.1. The lowest BCUT2D eigenvalue weighted by molar-refractivity contribution is 0.416. The number of methoxy groups -OCH3 is 1. The fraction of sp³-hybridized carbons (Fsp3) is 0.250. The van der Waals surface area contributed by atoms with Crippen LogP contribution >= 0.6 is 22.9 Å². The van der Waals surface area contributed by atoms with Crippen molar-refractivity contribution in [3.8, 4) is 5.75 Å². The van der Waals surface area contributed by atoms with Gasteiger partial charge in [0.25, 0.3) is 10.0 Å². The second kappa shape index (κ2) is 5.59. The molecule has 0 spiro atoms. The molecule has 1 aromatic carbocycles. The van der Waals surface area contributed by atoms with E-state index in [0.717, 1.165) is 11.3 Å². The summed E-state index contributed by atoms with van der Waals surface area (Å²) in [5.41, 5.74) is 0.848. The maximum absolute atomic E-state index is 12.6. The zero-order chi connectivity index (χ0) is 14.9. The highest BCUT2D eigenvalue weighted by atomic mass is 35.5. The molecule has 5 nitrogen and oxygen atoms in total. The second-order valence-electron chi connectivity index (χ2n) is 3.98. The van der Waals surface area contributed by atoms with E-state index in [9.17, 15) is 8.42 Å². The van der Waals surface area contributed by atoms with Gasteiger partial charge in [0.15, 0.2) is 8.68 Å². The SMILES string of the molecule is COc1ccccc1N(C)S(=O)(=O)c1sc(Cl)nc1C. The van der Waals surface area contributed by atoms with Crippen molar-refractivity contribution in [2.45, 2.75) is 11.1 Å². The number of sulfonamides is 1. The molecule has 0 bridgehead atoms. The summed E-state index contributed by atoms with van der Waals surface area (Å²) in [4.78, 5) is 3.94. The molecule has 1 aromatic heterocycles. The van der Waals surface area contributed by atoms with Gasteiger partial charge in [-0.05, 0) is 19.1 Å². The van der Waals surface area contributed by atoms with Crippen molar-refractivity contribution < 1.29 is 13.2 Å². The normalized spacial score (nSPS) is 11.4. The minimum absolute atomic E-state index is 0.135. The van der Waals surface area contributed by atoms with Crippen LogP contribution in [0.5, 0.6) is 5.75 Å². The largest absolute Gasteiger partial charge is 0.495 e. The number of nitrogens with zero attached hydrogens (tertiary/aromatic N) is 2. The highest BCUT2D eigenvalue weighted by Gasteiger charge is 2.28. The Bertz CT molecular complexity index is 728. The molecule has 0 unspecified atom stereocenters. The summed E-state index contributed by atoms with van der Waals surface area (Å²) in [6, 6.07) is 6.90. The monoisotopic (exact) mass is 332 g/mol. The summed E-state index contributed by atoms with van der Waals surface area (Å²) in [6.07, 6.45) is 0. The Morgan fingerprint density at radius 2 is 2.00 bits per heavy atom. The summed E-state index contributed by atoms with van der Waals surface area (Å²) in [5.74, 6) is 0.479. The first-order valence-corrected chi connectivity index (χ1v) is 8.26. The van der Waals surface area contributed by atoms with Crippen LogP contribution in [0, 0.1) is 6.92 Å². The summed E-state index contributed by atoms with van der Waals surface area (Å²) < 4.78 is 31.9. The molecule has 0 aliphatic heterocycles. The highest BCUT2D eigenvalue weighted by molar-refractivity contribution is 7.94. The first kappa shape index (κ1) is 15.1. The van der Waals surface area contributed by atoms with Gasteiger partial charge in [0.05, 0.1) is 18.5 Å². The summed E-state index contributed by atoms with van der Waals surface area (Å²) in [7, 11) is -0.743. The Morgan fingerprint density at radius 3 is 2.55 bits per heavy atom. The van der Waals surface area contributed by atoms with E-state index >= 15 is 0 Å². The fourth-order valence-electron chi connectivity index (χ4n) is 1.73. The van der Waals surface area contributed by atoms with Crippen LogP contribution in [0.3, 0.4) is 0 Å². The molecule has 0 N–H and O–H groups in total. The maximum atomic E-state index is 12.6. The Balaban J connectivity index is 2.52. The van der Waals surface area contributed by atoms with Crippen molar-refractivity contribution in [1.29, 1.82) is 0 Å². The number of para-hydroxylation sites is 2. The van der Waals surface area contributed by atoms with Gasteiger partial charge in [0, 0.05) is 7.05 Å². The van der Waals surface area contributed by atoms with Gasteiger partial charge in [-0.25, -0.2) is 13.4 Å². The molecular formula is C12H13ClN2O3S2. The van der Waals surface area contributed by atoms with Crippen LogP contribution in [0.15, 0.2) is 28.5 Å². The lowest BCUT2D eigenvalue weighted by atomic mass is 10.3. The van der Waals surface area contributed by atoms with E-state index in [1.54, 1.807) is 31.2 Å². The molecule has 2 aromatic rings. The molecule has 0 amide bonds. The van der Waals surface area contributed by atoms with Crippen molar-refractivity contribution in [1.82, 2.24) is 4.98 Å². The molecule has 2 rings (SSSR count). The van der Waals surface area contributed by atoms with Crippen LogP contribution in [-0.2, 0) is 10.0 Å². The Labute approximate surface area is 126 Å². The standard InChI is InChI=1S/C12H13ClN2O3S2/c1-8-11(19-12(13)14-8)20(16,17)15(2)9-6-4-5-7-10(9)18-3/h4-7H,1-3H3.